The predicted octanol–water partition coefficient (Wildman–Crippen LogP) is 6.53. The van der Waals surface area contributed by atoms with Crippen LogP contribution in [-0.2, 0) is 23.3 Å². The molecule has 14 nitrogen and oxygen atoms in total. The molecule has 20 heteroatoms. The van der Waals surface area contributed by atoms with Gasteiger partial charge in [-0.05, 0) is 74.3 Å². The molecule has 2 aliphatic rings. The second kappa shape index (κ2) is 16.1. The van der Waals surface area contributed by atoms with E-state index < -0.39 is 52.5 Å². The van der Waals surface area contributed by atoms with E-state index >= 15 is 13.2 Å². The van der Waals surface area contributed by atoms with E-state index in [1.807, 2.05) is 6.07 Å². The Balaban J connectivity index is 0.918. The Morgan fingerprint density at radius 3 is 2.38 bits per heavy atom. The van der Waals surface area contributed by atoms with Crippen molar-refractivity contribution in [3.05, 3.63) is 94.3 Å². The van der Waals surface area contributed by atoms with Crippen molar-refractivity contribution < 1.29 is 45.2 Å². The molecular formula is C40H40F6N10O4. The fourth-order valence-electron chi connectivity index (χ4n) is 7.71. The third kappa shape index (κ3) is 8.19. The summed E-state index contributed by atoms with van der Waals surface area (Å²) in [6.45, 7) is 5.14. The number of carbonyl (C=O) groups excluding carboxylic acids is 3. The summed E-state index contributed by atoms with van der Waals surface area (Å²) >= 11 is 0. The molecule has 3 aromatic heterocycles. The third-order valence-electron chi connectivity index (χ3n) is 11.1. The number of H-pyrrole nitrogens is 1. The summed E-state index contributed by atoms with van der Waals surface area (Å²) in [4.78, 5) is 51.5. The van der Waals surface area contributed by atoms with Crippen molar-refractivity contribution in [1.29, 1.82) is 0 Å². The first-order chi connectivity index (χ1) is 28.4. The van der Waals surface area contributed by atoms with Gasteiger partial charge in [-0.1, -0.05) is 17.3 Å². The number of alkyl halides is 3. The van der Waals surface area contributed by atoms with Crippen LogP contribution in [-0.4, -0.2) is 86.3 Å². The van der Waals surface area contributed by atoms with Crippen LogP contribution in [0.2, 0.25) is 0 Å². The van der Waals surface area contributed by atoms with E-state index in [0.717, 1.165) is 50.2 Å². The Kier molecular flexibility index (Phi) is 11.3. The maximum absolute atomic E-state index is 15.5. The van der Waals surface area contributed by atoms with E-state index in [-0.39, 0.29) is 59.5 Å². The average Bonchev–Trinajstić information content (AvgIpc) is 3.86. The Labute approximate surface area is 339 Å². The van der Waals surface area contributed by atoms with Gasteiger partial charge in [-0.2, -0.15) is 18.3 Å². The topological polar surface area (TPSA) is 175 Å². The molecule has 3 amide bonds. The van der Waals surface area contributed by atoms with Gasteiger partial charge >= 0.3 is 12.2 Å². The minimum Gasteiger partial charge on any atom is -0.350 e. The number of hydrogen-bond acceptors (Lipinski definition) is 10. The van der Waals surface area contributed by atoms with Gasteiger partial charge in [0.05, 0.1) is 6.54 Å². The maximum Gasteiger partial charge on any atom is 0.401 e. The fraction of sp³-hybridized carbons (Fsp3) is 0.400. The number of nitrogens with zero attached hydrogens (tertiary/aromatic N) is 7. The summed E-state index contributed by atoms with van der Waals surface area (Å²) in [7, 11) is 1.34. The molecule has 1 aliphatic carbocycles. The van der Waals surface area contributed by atoms with Gasteiger partial charge in [0, 0.05) is 68.7 Å². The molecule has 0 atom stereocenters. The first kappa shape index (κ1) is 42.0. The number of hydrogen-bond donors (Lipinski definition) is 3. The van der Waals surface area contributed by atoms with Gasteiger partial charge in [-0.25, -0.2) is 32.9 Å². The van der Waals surface area contributed by atoms with Crippen LogP contribution in [0.15, 0.2) is 47.1 Å². The Morgan fingerprint density at radius 1 is 1.03 bits per heavy atom. The third-order valence-corrected chi connectivity index (χ3v) is 11.1. The van der Waals surface area contributed by atoms with E-state index in [4.69, 9.17) is 4.52 Å². The normalized spacial score (nSPS) is 15.4. The molecule has 0 bridgehead atoms. The summed E-state index contributed by atoms with van der Waals surface area (Å²) in [6.07, 6.45) is -1.17. The number of urea groups is 1. The van der Waals surface area contributed by atoms with Crippen molar-refractivity contribution in [3.8, 4) is 22.6 Å². The number of aromatic nitrogens is 6. The SMILES string of the molecule is CNC(=O)N(CCC=O)c1c(F)cc(C2CC3(C2)CN(Cc2ccc(-c4cnc(-c5cc(C(=O)NCc6nc(C(C)(C)C(F)(F)F)n[nH]6)on5)nc4C)c(F)c2)C3)cc1F. The summed E-state index contributed by atoms with van der Waals surface area (Å²) in [5.74, 6) is -3.55. The highest BCUT2D eigenvalue weighted by atomic mass is 19.4. The van der Waals surface area contributed by atoms with Gasteiger partial charge in [-0.3, -0.25) is 19.7 Å². The molecule has 3 N–H and O–H groups in total. The van der Waals surface area contributed by atoms with Gasteiger partial charge in [0.25, 0.3) is 5.91 Å². The van der Waals surface area contributed by atoms with Crippen molar-refractivity contribution in [2.45, 2.75) is 70.6 Å². The van der Waals surface area contributed by atoms with E-state index in [1.165, 1.54) is 37.5 Å². The van der Waals surface area contributed by atoms with Crippen molar-refractivity contribution in [1.82, 2.24) is 45.8 Å². The highest BCUT2D eigenvalue weighted by Crippen LogP contribution is 2.56. The molecular weight excluding hydrogens is 798 g/mol. The number of rotatable bonds is 13. The number of aldehydes is 1. The Morgan fingerprint density at radius 2 is 1.75 bits per heavy atom. The summed E-state index contributed by atoms with van der Waals surface area (Å²) in [5, 5.41) is 14.7. The lowest BCUT2D eigenvalue weighted by atomic mass is 9.56. The standard InChI is InChI=1S/C40H40F6N10O4/c1-21-26(16-48-34(50-21)30-13-31(60-54-30)35(58)49-17-32-51-36(53-52-32)38(2,3)40(44,45)46)25-7-6-22(10-27(25)41)18-55-19-39(20-55)14-24(15-39)23-11-28(42)33(29(43)12-23)56(8-5-9-57)37(59)47-4/h6-7,9-13,16,24H,5,8,14-15,17-20H2,1-4H3,(H,47,59)(H,49,58)(H,51,52,53). The van der Waals surface area contributed by atoms with Crippen molar-refractivity contribution in [3.63, 3.8) is 0 Å². The van der Waals surface area contributed by atoms with Crippen LogP contribution in [0.25, 0.3) is 22.6 Å². The van der Waals surface area contributed by atoms with Gasteiger partial charge in [0.15, 0.2) is 17.3 Å². The van der Waals surface area contributed by atoms with E-state index in [1.54, 1.807) is 13.0 Å². The van der Waals surface area contributed by atoms with E-state index in [9.17, 15) is 27.6 Å². The van der Waals surface area contributed by atoms with Crippen LogP contribution >= 0.6 is 0 Å². The lowest BCUT2D eigenvalue weighted by molar-refractivity contribution is -0.182. The molecule has 2 aromatic carbocycles. The number of likely N-dealkylation sites (tertiary alicyclic amines) is 1. The summed E-state index contributed by atoms with van der Waals surface area (Å²) in [5.41, 5.74) is -0.236. The zero-order chi connectivity index (χ0) is 43.1. The van der Waals surface area contributed by atoms with Crippen LogP contribution in [0.3, 0.4) is 0 Å². The van der Waals surface area contributed by atoms with Gasteiger partial charge in [0.2, 0.25) is 5.76 Å². The Hall–Kier alpha value is -6.18. The minimum atomic E-state index is -4.58. The molecule has 0 radical (unpaired) electrons. The number of anilines is 1. The predicted molar refractivity (Wildman–Crippen MR) is 203 cm³/mol. The smallest absolute Gasteiger partial charge is 0.350 e. The zero-order valence-corrected chi connectivity index (χ0v) is 32.9. The molecule has 4 heterocycles. The molecule has 60 heavy (non-hydrogen) atoms. The fourth-order valence-corrected chi connectivity index (χ4v) is 7.71. The quantitative estimate of drug-likeness (QED) is 0.0874. The zero-order valence-electron chi connectivity index (χ0n) is 32.9. The average molecular weight is 839 g/mol. The van der Waals surface area contributed by atoms with Gasteiger partial charge in [-0.15, -0.1) is 0 Å². The van der Waals surface area contributed by atoms with Crippen molar-refractivity contribution in [2.24, 2.45) is 5.41 Å². The van der Waals surface area contributed by atoms with E-state index in [2.05, 4.69) is 45.8 Å². The number of carbonyl (C=O) groups is 3. The molecule has 0 unspecified atom stereocenters. The van der Waals surface area contributed by atoms with Crippen molar-refractivity contribution in [2.75, 3.05) is 31.6 Å². The molecule has 2 fully saturated rings. The monoisotopic (exact) mass is 838 g/mol. The molecule has 1 aliphatic heterocycles. The van der Waals surface area contributed by atoms with Crippen LogP contribution < -0.4 is 15.5 Å². The highest BCUT2D eigenvalue weighted by molar-refractivity contribution is 5.93. The van der Waals surface area contributed by atoms with Crippen LogP contribution in [0.4, 0.5) is 36.8 Å². The summed E-state index contributed by atoms with van der Waals surface area (Å²) < 4.78 is 91.0. The number of aromatic amines is 1. The largest absolute Gasteiger partial charge is 0.401 e. The summed E-state index contributed by atoms with van der Waals surface area (Å²) in [6, 6.07) is 8.03. The first-order valence-electron chi connectivity index (χ1n) is 18.9. The van der Waals surface area contributed by atoms with Gasteiger partial charge < -0.3 is 20.0 Å². The minimum absolute atomic E-state index is 0.000400. The van der Waals surface area contributed by atoms with Crippen LogP contribution in [0.1, 0.15) is 78.1 Å². The number of halogens is 6. The van der Waals surface area contributed by atoms with Crippen LogP contribution in [0.5, 0.6) is 0 Å². The molecule has 1 saturated carbocycles. The number of amides is 3. The second-order valence-electron chi connectivity index (χ2n) is 15.7. The van der Waals surface area contributed by atoms with Crippen molar-refractivity contribution >= 4 is 23.9 Å². The molecule has 7 rings (SSSR count). The van der Waals surface area contributed by atoms with E-state index in [0.29, 0.717) is 29.7 Å². The first-order valence-corrected chi connectivity index (χ1v) is 18.9. The maximum atomic E-state index is 15.5. The highest BCUT2D eigenvalue weighted by Gasteiger charge is 2.53. The van der Waals surface area contributed by atoms with Gasteiger partial charge in [0.1, 0.15) is 40.7 Å². The Bertz CT molecular complexity index is 2410. The number of aryl methyl sites for hydroxylation is 1. The lowest BCUT2D eigenvalue weighted by Gasteiger charge is -2.59. The molecule has 316 valence electrons. The second-order valence-corrected chi connectivity index (χ2v) is 15.7. The lowest BCUT2D eigenvalue weighted by Crippen LogP contribution is -2.61. The molecule has 1 spiro atoms. The number of benzene rings is 2. The molecule has 5 aromatic rings. The number of nitrogens with one attached hydrogen (secondary N) is 3. The molecule has 1 saturated heterocycles. The van der Waals surface area contributed by atoms with Crippen LogP contribution in [0, 0.1) is 29.8 Å².